The summed E-state index contributed by atoms with van der Waals surface area (Å²) in [5.74, 6) is -0.0616. The minimum Gasteiger partial charge on any atom is -0.496 e. The van der Waals surface area contributed by atoms with E-state index in [-0.39, 0.29) is 49.5 Å². The molecule has 0 saturated carbocycles. The lowest BCUT2D eigenvalue weighted by atomic mass is 9.85. The summed E-state index contributed by atoms with van der Waals surface area (Å²) in [6.07, 6.45) is 2.27. The minimum atomic E-state index is -0.907. The van der Waals surface area contributed by atoms with Crippen LogP contribution in [-0.4, -0.2) is 84.2 Å². The molecule has 3 amide bonds. The van der Waals surface area contributed by atoms with Crippen molar-refractivity contribution < 1.29 is 38.5 Å². The number of carboxylic acids is 1. The summed E-state index contributed by atoms with van der Waals surface area (Å²) in [6, 6.07) is 12.9. The lowest BCUT2D eigenvalue weighted by Crippen LogP contribution is -2.50. The maximum Gasteiger partial charge on any atom is 0.414 e. The fourth-order valence-electron chi connectivity index (χ4n) is 6.35. The van der Waals surface area contributed by atoms with Crippen molar-refractivity contribution in [1.82, 2.24) is 9.80 Å². The van der Waals surface area contributed by atoms with Crippen molar-refractivity contribution in [2.24, 2.45) is 5.41 Å². The first-order chi connectivity index (χ1) is 21.0. The number of methoxy groups -OCH3 is 1. The van der Waals surface area contributed by atoms with E-state index in [0.29, 0.717) is 68.9 Å². The molecule has 0 spiro atoms. The number of para-hydroxylation sites is 1. The van der Waals surface area contributed by atoms with Crippen molar-refractivity contribution in [3.8, 4) is 11.5 Å². The number of fused-ring (bicyclic) bond motifs is 1. The molecule has 0 radical (unpaired) electrons. The zero-order valence-corrected chi connectivity index (χ0v) is 25.6. The molecule has 1 N–H and O–H groups in total. The van der Waals surface area contributed by atoms with Gasteiger partial charge in [0, 0.05) is 63.1 Å². The van der Waals surface area contributed by atoms with Crippen LogP contribution in [0.1, 0.15) is 68.3 Å². The van der Waals surface area contributed by atoms with Crippen LogP contribution in [0.2, 0.25) is 0 Å². The summed E-state index contributed by atoms with van der Waals surface area (Å²) in [7, 11) is 1.53. The van der Waals surface area contributed by atoms with Crippen LogP contribution in [0.25, 0.3) is 0 Å². The van der Waals surface area contributed by atoms with E-state index in [0.717, 1.165) is 11.3 Å². The van der Waals surface area contributed by atoms with Crippen LogP contribution in [0.3, 0.4) is 0 Å². The Balaban J connectivity index is 1.14. The standard InChI is InChI=1S/C33H41N3O8/c1-33(2,20-30(38)39)19-29(37)34-16-12-24(13-17-34)44-25-8-9-26(28(18-25)42-3)31(40)35-14-10-23(11-15-35)36-27-7-5-4-6-22(27)21-43-32(36)41/h4-9,18,23-24H,10-17,19-21H2,1-3H3,(H,38,39). The first-order valence-corrected chi connectivity index (χ1v) is 15.2. The number of carbonyl (C=O) groups excluding carboxylic acids is 3. The van der Waals surface area contributed by atoms with E-state index in [4.69, 9.17) is 19.3 Å². The van der Waals surface area contributed by atoms with Gasteiger partial charge in [-0.05, 0) is 36.5 Å². The predicted octanol–water partition coefficient (Wildman–Crippen LogP) is 4.72. The number of amides is 3. The third-order valence-corrected chi connectivity index (χ3v) is 8.68. The number of cyclic esters (lactones) is 1. The number of carbonyl (C=O) groups is 4. The Kier molecular flexibility index (Phi) is 9.31. The van der Waals surface area contributed by atoms with Gasteiger partial charge in [-0.15, -0.1) is 0 Å². The van der Waals surface area contributed by atoms with Crippen molar-refractivity contribution in [3.63, 3.8) is 0 Å². The normalized spacial score (nSPS) is 18.0. The molecule has 2 fully saturated rings. The Hall–Kier alpha value is -4.28. The molecule has 5 rings (SSSR count). The average molecular weight is 608 g/mol. The highest BCUT2D eigenvalue weighted by Crippen LogP contribution is 2.34. The van der Waals surface area contributed by atoms with Gasteiger partial charge in [0.2, 0.25) is 5.91 Å². The molecule has 11 heteroatoms. The first kappa shape index (κ1) is 31.2. The van der Waals surface area contributed by atoms with Gasteiger partial charge in [-0.1, -0.05) is 32.0 Å². The second-order valence-electron chi connectivity index (χ2n) is 12.5. The highest BCUT2D eigenvalue weighted by atomic mass is 16.6. The third kappa shape index (κ3) is 7.09. The molecule has 0 aromatic heterocycles. The highest BCUT2D eigenvalue weighted by molar-refractivity contribution is 5.97. The second-order valence-corrected chi connectivity index (χ2v) is 12.5. The molecule has 0 unspecified atom stereocenters. The van der Waals surface area contributed by atoms with E-state index in [1.165, 1.54) is 7.11 Å². The Morgan fingerprint density at radius 1 is 0.955 bits per heavy atom. The maximum atomic E-state index is 13.5. The number of anilines is 1. The van der Waals surface area contributed by atoms with Crippen molar-refractivity contribution in [1.29, 1.82) is 0 Å². The number of ether oxygens (including phenoxy) is 3. The van der Waals surface area contributed by atoms with Crippen molar-refractivity contribution >= 4 is 29.6 Å². The van der Waals surface area contributed by atoms with E-state index >= 15 is 0 Å². The molecule has 0 aliphatic carbocycles. The van der Waals surface area contributed by atoms with Gasteiger partial charge in [0.15, 0.2) is 0 Å². The highest BCUT2D eigenvalue weighted by Gasteiger charge is 2.36. The van der Waals surface area contributed by atoms with Crippen LogP contribution < -0.4 is 14.4 Å². The molecule has 2 aromatic carbocycles. The van der Waals surface area contributed by atoms with E-state index in [9.17, 15) is 19.2 Å². The van der Waals surface area contributed by atoms with Crippen LogP contribution in [0.15, 0.2) is 42.5 Å². The molecular formula is C33H41N3O8. The van der Waals surface area contributed by atoms with E-state index in [1.807, 2.05) is 24.3 Å². The van der Waals surface area contributed by atoms with Gasteiger partial charge < -0.3 is 29.1 Å². The maximum absolute atomic E-state index is 13.5. The number of rotatable bonds is 9. The largest absolute Gasteiger partial charge is 0.496 e. The molecule has 3 heterocycles. The Morgan fingerprint density at radius 2 is 1.64 bits per heavy atom. The average Bonchev–Trinajstić information content (AvgIpc) is 3.00. The number of likely N-dealkylation sites (tertiary alicyclic amines) is 2. The molecule has 3 aliphatic heterocycles. The topological polar surface area (TPSA) is 126 Å². The Bertz CT molecular complexity index is 1390. The smallest absolute Gasteiger partial charge is 0.414 e. The zero-order chi connectivity index (χ0) is 31.4. The number of piperidine rings is 2. The molecule has 11 nitrogen and oxygen atoms in total. The molecule has 0 atom stereocenters. The number of benzene rings is 2. The van der Waals surface area contributed by atoms with Crippen LogP contribution in [0.5, 0.6) is 11.5 Å². The first-order valence-electron chi connectivity index (χ1n) is 15.2. The second kappa shape index (κ2) is 13.2. The van der Waals surface area contributed by atoms with Gasteiger partial charge in [0.25, 0.3) is 5.91 Å². The van der Waals surface area contributed by atoms with E-state index in [2.05, 4.69) is 0 Å². The molecule has 2 saturated heterocycles. The van der Waals surface area contributed by atoms with Gasteiger partial charge in [-0.3, -0.25) is 19.3 Å². The monoisotopic (exact) mass is 607 g/mol. The van der Waals surface area contributed by atoms with Crippen LogP contribution in [0.4, 0.5) is 10.5 Å². The summed E-state index contributed by atoms with van der Waals surface area (Å²) in [5, 5.41) is 9.10. The van der Waals surface area contributed by atoms with Gasteiger partial charge in [0.05, 0.1) is 24.8 Å². The molecule has 44 heavy (non-hydrogen) atoms. The number of carboxylic acid groups (broad SMARTS) is 1. The summed E-state index contributed by atoms with van der Waals surface area (Å²) < 4.78 is 17.2. The van der Waals surface area contributed by atoms with E-state index < -0.39 is 11.4 Å². The zero-order valence-electron chi connectivity index (χ0n) is 25.6. The number of hydrogen-bond acceptors (Lipinski definition) is 7. The summed E-state index contributed by atoms with van der Waals surface area (Å²) >= 11 is 0. The van der Waals surface area contributed by atoms with Crippen molar-refractivity contribution in [2.75, 3.05) is 38.2 Å². The van der Waals surface area contributed by atoms with Gasteiger partial charge >= 0.3 is 12.1 Å². The molecule has 236 valence electrons. The minimum absolute atomic E-state index is 0.0380. The van der Waals surface area contributed by atoms with Crippen molar-refractivity contribution in [2.45, 2.75) is 71.1 Å². The van der Waals surface area contributed by atoms with Gasteiger partial charge in [0.1, 0.15) is 24.2 Å². The Morgan fingerprint density at radius 3 is 2.32 bits per heavy atom. The van der Waals surface area contributed by atoms with Crippen LogP contribution in [0, 0.1) is 5.41 Å². The lowest BCUT2D eigenvalue weighted by molar-refractivity contribution is -0.141. The Labute approximate surface area is 257 Å². The number of aliphatic carboxylic acids is 1. The van der Waals surface area contributed by atoms with Crippen LogP contribution >= 0.6 is 0 Å². The number of hydrogen-bond donors (Lipinski definition) is 1. The molecule has 3 aliphatic rings. The number of nitrogens with zero attached hydrogens (tertiary/aromatic N) is 3. The predicted molar refractivity (Wildman–Crippen MR) is 162 cm³/mol. The molecule has 2 aromatic rings. The lowest BCUT2D eigenvalue weighted by Gasteiger charge is -2.40. The molecular weight excluding hydrogens is 566 g/mol. The van der Waals surface area contributed by atoms with Gasteiger partial charge in [-0.25, -0.2) is 4.79 Å². The fourth-order valence-corrected chi connectivity index (χ4v) is 6.35. The fraction of sp³-hybridized carbons (Fsp3) is 0.515. The van der Waals surface area contributed by atoms with Gasteiger partial charge in [-0.2, -0.15) is 0 Å². The van der Waals surface area contributed by atoms with Crippen LogP contribution in [-0.2, 0) is 20.9 Å². The summed E-state index contributed by atoms with van der Waals surface area (Å²) in [5.41, 5.74) is 1.71. The third-order valence-electron chi connectivity index (χ3n) is 8.68. The summed E-state index contributed by atoms with van der Waals surface area (Å²) in [6.45, 7) is 5.95. The quantitative estimate of drug-likeness (QED) is 0.434. The van der Waals surface area contributed by atoms with E-state index in [1.54, 1.807) is 46.7 Å². The van der Waals surface area contributed by atoms with Crippen molar-refractivity contribution in [3.05, 3.63) is 53.6 Å². The summed E-state index contributed by atoms with van der Waals surface area (Å²) in [4.78, 5) is 55.3. The molecule has 0 bridgehead atoms. The SMILES string of the molecule is COc1cc(OC2CCN(C(=O)CC(C)(C)CC(=O)O)CC2)ccc1C(=O)N1CCC(N2C(=O)OCc3ccccc32)CC1.